The van der Waals surface area contributed by atoms with E-state index < -0.39 is 11.7 Å². The molecule has 18 heavy (non-hydrogen) atoms. The lowest BCUT2D eigenvalue weighted by Crippen LogP contribution is -2.05. The maximum atomic E-state index is 12.4. The summed E-state index contributed by atoms with van der Waals surface area (Å²) in [4.78, 5) is 7.72. The minimum absolute atomic E-state index is 0.157. The van der Waals surface area contributed by atoms with Gasteiger partial charge in [-0.15, -0.1) is 0 Å². The van der Waals surface area contributed by atoms with Crippen LogP contribution in [0.4, 0.5) is 13.2 Å². The highest BCUT2D eigenvalue weighted by Crippen LogP contribution is 2.29. The number of aliphatic hydroxyl groups is 1. The number of aromatic nitrogens is 2. The largest absolute Gasteiger partial charge is 0.417 e. The molecular formula is C12H9F3N2O. The second-order valence-corrected chi connectivity index (χ2v) is 3.64. The van der Waals surface area contributed by atoms with Crippen molar-refractivity contribution < 1.29 is 18.3 Å². The standard InChI is InChI=1S/C12H9F3N2O/c13-12(14,15)9-1-2-10(17-6-9)11-5-8(7-18)3-4-16-11/h1-6,18H,7H2. The van der Waals surface area contributed by atoms with Gasteiger partial charge in [0.05, 0.1) is 23.6 Å². The molecule has 2 aromatic rings. The molecule has 0 aliphatic rings. The van der Waals surface area contributed by atoms with Gasteiger partial charge in [0, 0.05) is 12.4 Å². The van der Waals surface area contributed by atoms with Crippen LogP contribution < -0.4 is 0 Å². The fraction of sp³-hybridized carbons (Fsp3) is 0.167. The number of hydrogen-bond acceptors (Lipinski definition) is 3. The van der Waals surface area contributed by atoms with Crippen molar-refractivity contribution in [1.29, 1.82) is 0 Å². The minimum atomic E-state index is -4.40. The second-order valence-electron chi connectivity index (χ2n) is 3.64. The van der Waals surface area contributed by atoms with E-state index in [2.05, 4.69) is 9.97 Å². The number of hydrogen-bond donors (Lipinski definition) is 1. The average Bonchev–Trinajstić information content (AvgIpc) is 2.38. The molecule has 2 aromatic heterocycles. The van der Waals surface area contributed by atoms with Crippen molar-refractivity contribution in [2.24, 2.45) is 0 Å². The van der Waals surface area contributed by atoms with Crippen LogP contribution in [0.25, 0.3) is 11.4 Å². The highest BCUT2D eigenvalue weighted by atomic mass is 19.4. The summed E-state index contributed by atoms with van der Waals surface area (Å²) < 4.78 is 37.1. The first-order valence-electron chi connectivity index (χ1n) is 5.10. The Bertz CT molecular complexity index is 538. The Morgan fingerprint density at radius 1 is 1.06 bits per heavy atom. The molecular weight excluding hydrogens is 245 g/mol. The Kier molecular flexibility index (Phi) is 3.29. The molecule has 0 aliphatic carbocycles. The molecule has 3 nitrogen and oxygen atoms in total. The lowest BCUT2D eigenvalue weighted by atomic mass is 10.1. The van der Waals surface area contributed by atoms with Gasteiger partial charge in [-0.25, -0.2) is 0 Å². The van der Waals surface area contributed by atoms with E-state index in [-0.39, 0.29) is 6.61 Å². The smallest absolute Gasteiger partial charge is 0.392 e. The summed E-state index contributed by atoms with van der Waals surface area (Å²) in [6.07, 6.45) is -2.16. The van der Waals surface area contributed by atoms with E-state index in [4.69, 9.17) is 5.11 Å². The molecule has 0 aromatic carbocycles. The zero-order chi connectivity index (χ0) is 13.2. The maximum absolute atomic E-state index is 12.4. The van der Waals surface area contributed by atoms with E-state index in [0.29, 0.717) is 17.0 Å². The van der Waals surface area contributed by atoms with Gasteiger partial charge < -0.3 is 5.11 Å². The van der Waals surface area contributed by atoms with Gasteiger partial charge in [0.2, 0.25) is 0 Å². The molecule has 0 saturated carbocycles. The van der Waals surface area contributed by atoms with Crippen molar-refractivity contribution in [3.8, 4) is 11.4 Å². The van der Waals surface area contributed by atoms with E-state index >= 15 is 0 Å². The van der Waals surface area contributed by atoms with Crippen molar-refractivity contribution in [2.45, 2.75) is 12.8 Å². The predicted molar refractivity (Wildman–Crippen MR) is 58.4 cm³/mol. The number of nitrogens with zero attached hydrogens (tertiary/aromatic N) is 2. The van der Waals surface area contributed by atoms with Crippen LogP contribution in [0.5, 0.6) is 0 Å². The number of rotatable bonds is 2. The summed E-state index contributed by atoms with van der Waals surface area (Å²) in [6.45, 7) is -0.157. The van der Waals surface area contributed by atoms with Crippen LogP contribution in [0.2, 0.25) is 0 Å². The first-order valence-corrected chi connectivity index (χ1v) is 5.10. The molecule has 0 radical (unpaired) electrons. The first kappa shape index (κ1) is 12.5. The molecule has 0 bridgehead atoms. The molecule has 0 aliphatic heterocycles. The van der Waals surface area contributed by atoms with Crippen molar-refractivity contribution in [1.82, 2.24) is 9.97 Å². The highest BCUT2D eigenvalue weighted by molar-refractivity contribution is 5.54. The zero-order valence-corrected chi connectivity index (χ0v) is 9.15. The van der Waals surface area contributed by atoms with Gasteiger partial charge in [0.25, 0.3) is 0 Å². The van der Waals surface area contributed by atoms with Crippen LogP contribution in [0.15, 0.2) is 36.7 Å². The second kappa shape index (κ2) is 4.73. The summed E-state index contributed by atoms with van der Waals surface area (Å²) in [5.41, 5.74) is 0.583. The Morgan fingerprint density at radius 2 is 1.83 bits per heavy atom. The van der Waals surface area contributed by atoms with Gasteiger partial charge >= 0.3 is 6.18 Å². The quantitative estimate of drug-likeness (QED) is 0.896. The number of pyridine rings is 2. The van der Waals surface area contributed by atoms with Gasteiger partial charge in [0.1, 0.15) is 0 Å². The topological polar surface area (TPSA) is 46.0 Å². The third-order valence-electron chi connectivity index (χ3n) is 2.36. The van der Waals surface area contributed by atoms with Crippen molar-refractivity contribution in [2.75, 3.05) is 0 Å². The van der Waals surface area contributed by atoms with Gasteiger partial charge in [-0.2, -0.15) is 13.2 Å². The fourth-order valence-corrected chi connectivity index (χ4v) is 1.43. The SMILES string of the molecule is OCc1ccnc(-c2ccc(C(F)(F)F)cn2)c1. The van der Waals surface area contributed by atoms with Gasteiger partial charge in [-0.05, 0) is 29.8 Å². The average molecular weight is 254 g/mol. The van der Waals surface area contributed by atoms with Crippen LogP contribution in [0.1, 0.15) is 11.1 Å². The Balaban J connectivity index is 2.34. The molecule has 0 saturated heterocycles. The molecule has 6 heteroatoms. The molecule has 0 spiro atoms. The van der Waals surface area contributed by atoms with Gasteiger partial charge in [-0.1, -0.05) is 0 Å². The van der Waals surface area contributed by atoms with Crippen LogP contribution in [0, 0.1) is 0 Å². The third-order valence-corrected chi connectivity index (χ3v) is 2.36. The summed E-state index contributed by atoms with van der Waals surface area (Å²) in [5.74, 6) is 0. The van der Waals surface area contributed by atoms with Crippen LogP contribution in [-0.2, 0) is 12.8 Å². The van der Waals surface area contributed by atoms with Crippen LogP contribution >= 0.6 is 0 Å². The highest BCUT2D eigenvalue weighted by Gasteiger charge is 2.30. The van der Waals surface area contributed by atoms with Crippen LogP contribution in [0.3, 0.4) is 0 Å². The monoisotopic (exact) mass is 254 g/mol. The zero-order valence-electron chi connectivity index (χ0n) is 9.15. The molecule has 94 valence electrons. The first-order chi connectivity index (χ1) is 8.50. The van der Waals surface area contributed by atoms with E-state index in [9.17, 15) is 13.2 Å². The number of alkyl halides is 3. The lowest BCUT2D eigenvalue weighted by molar-refractivity contribution is -0.137. The Labute approximate surface area is 101 Å². The third kappa shape index (κ3) is 2.65. The lowest BCUT2D eigenvalue weighted by Gasteiger charge is -2.07. The Morgan fingerprint density at radius 3 is 2.39 bits per heavy atom. The summed E-state index contributed by atoms with van der Waals surface area (Å²) in [5, 5.41) is 8.96. The number of aliphatic hydroxyl groups excluding tert-OH is 1. The normalized spacial score (nSPS) is 11.6. The molecule has 2 heterocycles. The van der Waals surface area contributed by atoms with Crippen molar-refractivity contribution in [3.05, 3.63) is 47.8 Å². The van der Waals surface area contributed by atoms with Crippen molar-refractivity contribution in [3.63, 3.8) is 0 Å². The predicted octanol–water partition coefficient (Wildman–Crippen LogP) is 2.65. The van der Waals surface area contributed by atoms with Gasteiger partial charge in [-0.3, -0.25) is 9.97 Å². The van der Waals surface area contributed by atoms with Gasteiger partial charge in [0.15, 0.2) is 0 Å². The molecule has 0 amide bonds. The summed E-state index contributed by atoms with van der Waals surface area (Å²) in [7, 11) is 0. The Hall–Kier alpha value is -1.95. The fourth-order valence-electron chi connectivity index (χ4n) is 1.43. The van der Waals surface area contributed by atoms with E-state index in [0.717, 1.165) is 12.3 Å². The molecule has 0 atom stereocenters. The molecule has 0 fully saturated rings. The van der Waals surface area contributed by atoms with E-state index in [1.165, 1.54) is 12.3 Å². The summed E-state index contributed by atoms with van der Waals surface area (Å²) >= 11 is 0. The molecule has 0 unspecified atom stereocenters. The number of halogens is 3. The van der Waals surface area contributed by atoms with Crippen LogP contribution in [-0.4, -0.2) is 15.1 Å². The maximum Gasteiger partial charge on any atom is 0.417 e. The molecule has 1 N–H and O–H groups in total. The molecule has 2 rings (SSSR count). The van der Waals surface area contributed by atoms with E-state index in [1.54, 1.807) is 12.1 Å². The minimum Gasteiger partial charge on any atom is -0.392 e. The van der Waals surface area contributed by atoms with E-state index in [1.807, 2.05) is 0 Å². The summed E-state index contributed by atoms with van der Waals surface area (Å²) in [6, 6.07) is 5.41. The van der Waals surface area contributed by atoms with Crippen molar-refractivity contribution >= 4 is 0 Å².